The van der Waals surface area contributed by atoms with Crippen LogP contribution in [0.3, 0.4) is 0 Å². The molecule has 2 heterocycles. The van der Waals surface area contributed by atoms with Crippen molar-refractivity contribution in [3.8, 4) is 0 Å². The molecule has 0 spiro atoms. The Balaban J connectivity index is 1.92. The van der Waals surface area contributed by atoms with E-state index in [9.17, 15) is 13.0 Å². The van der Waals surface area contributed by atoms with E-state index in [1.165, 1.54) is 25.9 Å². The fourth-order valence-corrected chi connectivity index (χ4v) is 3.49. The van der Waals surface area contributed by atoms with Gasteiger partial charge in [-0.3, -0.25) is 4.18 Å². The number of piperidine rings is 2. The van der Waals surface area contributed by atoms with Crippen LogP contribution in [0.25, 0.3) is 0 Å². The van der Waals surface area contributed by atoms with E-state index in [-0.39, 0.29) is 12.5 Å². The second-order valence-corrected chi connectivity index (χ2v) is 5.91. The van der Waals surface area contributed by atoms with Crippen LogP contribution < -0.4 is 4.90 Å². The van der Waals surface area contributed by atoms with Gasteiger partial charge in [0.05, 0.1) is 25.7 Å². The lowest BCUT2D eigenvalue weighted by Gasteiger charge is -2.41. The van der Waals surface area contributed by atoms with Gasteiger partial charge in [-0.25, -0.2) is 8.42 Å². The molecule has 2 saturated heterocycles. The second-order valence-electron chi connectivity index (χ2n) is 4.86. The zero-order valence-corrected chi connectivity index (χ0v) is 10.2. The number of hydrogen-bond donors (Lipinski definition) is 1. The maximum absolute atomic E-state index is 10.4. The molecule has 6 heteroatoms. The van der Waals surface area contributed by atoms with Crippen LogP contribution in [0.1, 0.15) is 32.1 Å². The molecule has 0 aromatic rings. The van der Waals surface area contributed by atoms with E-state index in [1.807, 2.05) is 0 Å². The van der Waals surface area contributed by atoms with E-state index in [4.69, 9.17) is 0 Å². The van der Waals surface area contributed by atoms with Crippen molar-refractivity contribution in [3.05, 3.63) is 0 Å². The monoisotopic (exact) mass is 249 g/mol. The summed E-state index contributed by atoms with van der Waals surface area (Å²) in [4.78, 5) is 1.58. The van der Waals surface area contributed by atoms with Crippen LogP contribution in [-0.2, 0) is 14.6 Å². The molecule has 2 rings (SSSR count). The van der Waals surface area contributed by atoms with Crippen LogP contribution in [0, 0.1) is 5.92 Å². The quantitative estimate of drug-likeness (QED) is 0.531. The van der Waals surface area contributed by atoms with E-state index in [2.05, 4.69) is 4.18 Å². The molecule has 0 aromatic heterocycles. The maximum Gasteiger partial charge on any atom is 0.217 e. The highest BCUT2D eigenvalue weighted by Gasteiger charge is 2.36. The lowest BCUT2D eigenvalue weighted by Crippen LogP contribution is -3.18. The first-order valence-electron chi connectivity index (χ1n) is 6.01. The molecule has 0 radical (unpaired) electrons. The topological polar surface area (TPSA) is 70.9 Å². The fourth-order valence-electron chi connectivity index (χ4n) is 3.15. The molecular weight excluding hydrogens is 230 g/mol. The Labute approximate surface area is 96.7 Å². The first-order valence-corrected chi connectivity index (χ1v) is 7.34. The van der Waals surface area contributed by atoms with Gasteiger partial charge in [0.1, 0.15) is 0 Å². The normalized spacial score (nSPS) is 35.7. The molecule has 1 N–H and O–H groups in total. The van der Waals surface area contributed by atoms with Crippen LogP contribution in [0.4, 0.5) is 0 Å². The molecule has 94 valence electrons. The summed E-state index contributed by atoms with van der Waals surface area (Å²) in [7, 11) is -4.52. The van der Waals surface area contributed by atoms with E-state index >= 15 is 0 Å². The summed E-state index contributed by atoms with van der Waals surface area (Å²) < 4.78 is 35.8. The summed E-state index contributed by atoms with van der Waals surface area (Å²) in [6, 6.07) is 0.504. The summed E-state index contributed by atoms with van der Waals surface area (Å²) in [5.74, 6) is 0.243. The van der Waals surface area contributed by atoms with Crippen molar-refractivity contribution >= 4 is 10.4 Å². The number of fused-ring (bicyclic) bond motifs is 1. The van der Waals surface area contributed by atoms with Crippen LogP contribution in [0.15, 0.2) is 0 Å². The van der Waals surface area contributed by atoms with E-state index < -0.39 is 10.4 Å². The van der Waals surface area contributed by atoms with Crippen LogP contribution >= 0.6 is 0 Å². The first kappa shape index (κ1) is 12.3. The summed E-state index contributed by atoms with van der Waals surface area (Å²) in [5, 5.41) is 0. The Bertz CT molecular complexity index is 328. The third kappa shape index (κ3) is 3.16. The van der Waals surface area contributed by atoms with Gasteiger partial charge in [0.2, 0.25) is 10.4 Å². The molecule has 2 fully saturated rings. The minimum atomic E-state index is -4.52. The van der Waals surface area contributed by atoms with Crippen molar-refractivity contribution in [2.24, 2.45) is 5.92 Å². The Morgan fingerprint density at radius 2 is 1.94 bits per heavy atom. The van der Waals surface area contributed by atoms with Gasteiger partial charge in [-0.2, -0.15) is 0 Å². The number of nitrogens with one attached hydrogen (secondary N) is 1. The predicted octanol–water partition coefficient (Wildman–Crippen LogP) is -0.689. The standard InChI is InChI=1S/C10H19NO4S/c12-16(13,14)15-8-9-4-3-7-11-6-2-1-5-10(9)11/h9-10H,1-8H2,(H,12,13,14)/t9-,10+/m0/s1. The zero-order chi connectivity index (χ0) is 11.6. The second kappa shape index (κ2) is 5.00. The molecule has 0 saturated carbocycles. The van der Waals surface area contributed by atoms with Crippen molar-refractivity contribution in [1.29, 1.82) is 0 Å². The number of rotatable bonds is 3. The van der Waals surface area contributed by atoms with Gasteiger partial charge < -0.3 is 9.45 Å². The summed E-state index contributed by atoms with van der Waals surface area (Å²) >= 11 is 0. The fraction of sp³-hybridized carbons (Fsp3) is 1.00. The summed E-state index contributed by atoms with van der Waals surface area (Å²) in [6.45, 7) is 2.45. The molecule has 0 aliphatic carbocycles. The highest BCUT2D eigenvalue weighted by molar-refractivity contribution is 7.80. The molecule has 16 heavy (non-hydrogen) atoms. The van der Waals surface area contributed by atoms with Gasteiger partial charge in [0.25, 0.3) is 0 Å². The SMILES string of the molecule is O=S(=O)([O-])OC[C@@H]1CCC[NH+]2CCCC[C@H]12. The first-order chi connectivity index (χ1) is 7.56. The molecule has 0 bridgehead atoms. The summed E-state index contributed by atoms with van der Waals surface area (Å²) in [6.07, 6.45) is 5.72. The lowest BCUT2D eigenvalue weighted by molar-refractivity contribution is -0.940. The lowest BCUT2D eigenvalue weighted by atomic mass is 9.84. The highest BCUT2D eigenvalue weighted by atomic mass is 32.3. The molecule has 1 unspecified atom stereocenters. The van der Waals surface area contributed by atoms with Gasteiger partial charge in [0.15, 0.2) is 0 Å². The third-order valence-corrected chi connectivity index (χ3v) is 4.28. The molecule has 3 atom stereocenters. The molecule has 5 nitrogen and oxygen atoms in total. The predicted molar refractivity (Wildman–Crippen MR) is 56.7 cm³/mol. The third-order valence-electron chi connectivity index (χ3n) is 3.86. The van der Waals surface area contributed by atoms with Crippen LogP contribution in [0.2, 0.25) is 0 Å². The molecule has 0 amide bonds. The molecule has 0 aromatic carbocycles. The minimum Gasteiger partial charge on any atom is -0.726 e. The van der Waals surface area contributed by atoms with Gasteiger partial charge in [0, 0.05) is 5.92 Å². The smallest absolute Gasteiger partial charge is 0.217 e. The Kier molecular flexibility index (Phi) is 3.84. The molecule has 2 aliphatic rings. The average molecular weight is 249 g/mol. The largest absolute Gasteiger partial charge is 0.726 e. The van der Waals surface area contributed by atoms with E-state index in [1.54, 1.807) is 4.90 Å². The van der Waals surface area contributed by atoms with Gasteiger partial charge in [-0.05, 0) is 32.1 Å². The number of quaternary nitrogens is 1. The summed E-state index contributed by atoms with van der Waals surface area (Å²) in [5.41, 5.74) is 0. The molecule has 2 aliphatic heterocycles. The van der Waals surface area contributed by atoms with Gasteiger partial charge in [-0.1, -0.05) is 0 Å². The highest BCUT2D eigenvalue weighted by Crippen LogP contribution is 2.20. The van der Waals surface area contributed by atoms with Crippen molar-refractivity contribution in [1.82, 2.24) is 0 Å². The number of hydrogen-bond acceptors (Lipinski definition) is 4. The van der Waals surface area contributed by atoms with Crippen molar-refractivity contribution in [2.75, 3.05) is 19.7 Å². The van der Waals surface area contributed by atoms with E-state index in [0.717, 1.165) is 19.3 Å². The maximum atomic E-state index is 10.4. The average Bonchev–Trinajstić information content (AvgIpc) is 2.25. The van der Waals surface area contributed by atoms with E-state index in [0.29, 0.717) is 6.04 Å². The molecular formula is C10H19NO4S. The van der Waals surface area contributed by atoms with Gasteiger partial charge >= 0.3 is 0 Å². The Morgan fingerprint density at radius 1 is 1.19 bits per heavy atom. The Morgan fingerprint density at radius 3 is 2.69 bits per heavy atom. The van der Waals surface area contributed by atoms with Gasteiger partial charge in [-0.15, -0.1) is 0 Å². The Hall–Kier alpha value is -0.170. The zero-order valence-electron chi connectivity index (χ0n) is 9.35. The van der Waals surface area contributed by atoms with Crippen molar-refractivity contribution in [3.63, 3.8) is 0 Å². The van der Waals surface area contributed by atoms with Crippen molar-refractivity contribution in [2.45, 2.75) is 38.1 Å². The minimum absolute atomic E-state index is 0.0833. The van der Waals surface area contributed by atoms with Crippen molar-refractivity contribution < 1.29 is 22.1 Å². The van der Waals surface area contributed by atoms with Crippen LogP contribution in [0.5, 0.6) is 0 Å². The van der Waals surface area contributed by atoms with Crippen LogP contribution in [-0.4, -0.2) is 38.7 Å².